The van der Waals surface area contributed by atoms with Gasteiger partial charge < -0.3 is 0 Å². The van der Waals surface area contributed by atoms with Gasteiger partial charge in [-0.1, -0.05) is 0 Å². The molecular weight excluding hydrogens is 113 g/mol. The molecule has 2 nitrogen and oxygen atoms in total. The second-order valence-electron chi connectivity index (χ2n) is 2.85. The Kier molecular flexibility index (Phi) is 1.66. The molecule has 0 saturated carbocycles. The minimum atomic E-state index is -0.00289. The Bertz CT molecular complexity index is 130. The van der Waals surface area contributed by atoms with Crippen LogP contribution in [-0.4, -0.2) is 36.5 Å². The fourth-order valence-corrected chi connectivity index (χ4v) is 1.82. The Morgan fingerprint density at radius 1 is 1.75 bits per heavy atom. The number of hydrogen-bond acceptors (Lipinski definition) is 2. The summed E-state index contributed by atoms with van der Waals surface area (Å²) in [7, 11) is 0. The molecule has 0 spiro atoms. The zero-order valence-corrected chi connectivity index (χ0v) is 7.56. The summed E-state index contributed by atoms with van der Waals surface area (Å²) < 4.78 is 1.23. The molecule has 1 heterocycles. The van der Waals surface area contributed by atoms with Gasteiger partial charge in [-0.15, -0.1) is 0 Å². The van der Waals surface area contributed by atoms with Gasteiger partial charge in [-0.3, -0.25) is 0 Å². The fraction of sp³-hybridized carbons (Fsp3) is 0.800. The third-order valence-electron chi connectivity index (χ3n) is 1.13. The van der Waals surface area contributed by atoms with Crippen LogP contribution in [0.5, 0.6) is 0 Å². The van der Waals surface area contributed by atoms with E-state index in [4.69, 9.17) is 4.84 Å². The van der Waals surface area contributed by atoms with Crippen LogP contribution in [0, 0.1) is 0 Å². The molecule has 0 fully saturated rings. The van der Waals surface area contributed by atoms with E-state index in [1.807, 2.05) is 0 Å². The maximum absolute atomic E-state index is 5.08. The zero-order chi connectivity index (χ0) is 6.20. The van der Waals surface area contributed by atoms with Crippen LogP contribution in [0.2, 0.25) is 0 Å². The van der Waals surface area contributed by atoms with Gasteiger partial charge in [0.1, 0.15) is 0 Å². The van der Waals surface area contributed by atoms with E-state index in [0.717, 1.165) is 34.4 Å². The van der Waals surface area contributed by atoms with Crippen molar-refractivity contribution in [2.45, 2.75) is 25.9 Å². The van der Waals surface area contributed by atoms with E-state index >= 15 is 0 Å². The van der Waals surface area contributed by atoms with Crippen molar-refractivity contribution < 1.29 is 4.84 Å². The van der Waals surface area contributed by atoms with Crippen LogP contribution < -0.4 is 0 Å². The summed E-state index contributed by atoms with van der Waals surface area (Å²) in [4.78, 5) is 5.08. The first kappa shape index (κ1) is 6.59. The van der Waals surface area contributed by atoms with Crippen molar-refractivity contribution in [1.29, 1.82) is 0 Å². The number of nitrogens with zero attached hydrogens (tertiary/aromatic N) is 1. The first-order chi connectivity index (χ1) is 3.60. The Morgan fingerprint density at radius 3 is 2.50 bits per heavy atom. The van der Waals surface area contributed by atoms with E-state index in [1.54, 1.807) is 0 Å². The summed E-state index contributed by atoms with van der Waals surface area (Å²) in [6, 6.07) is 0. The van der Waals surface area contributed by atoms with Gasteiger partial charge in [0.05, 0.1) is 0 Å². The summed E-state index contributed by atoms with van der Waals surface area (Å²) in [5, 5.41) is 3.87. The average molecular weight is 121 g/mol. The molecule has 0 aliphatic carbocycles. The molecule has 1 aliphatic rings. The molecule has 0 amide bonds. The average Bonchev–Trinajstić information content (AvgIpc) is 1.82. The van der Waals surface area contributed by atoms with Gasteiger partial charge in [-0.05, 0) is 0 Å². The minimum absolute atomic E-state index is 0.00289. The first-order valence-corrected chi connectivity index (χ1v) is 3.82. The van der Waals surface area contributed by atoms with Crippen LogP contribution in [0.1, 0.15) is 20.3 Å². The van der Waals surface area contributed by atoms with Crippen molar-refractivity contribution >= 4 is 30.9 Å². The van der Waals surface area contributed by atoms with Crippen LogP contribution in [0.3, 0.4) is 0 Å². The first-order valence-electron chi connectivity index (χ1n) is 2.82. The summed E-state index contributed by atoms with van der Waals surface area (Å²) >= 11 is 1.05. The van der Waals surface area contributed by atoms with Crippen LogP contribution >= 0.6 is 0 Å². The van der Waals surface area contributed by atoms with E-state index in [9.17, 15) is 0 Å². The molecule has 1 rings (SSSR count). The Hall–Kier alpha value is 0.470. The maximum atomic E-state index is 5.08. The topological polar surface area (TPSA) is 21.6 Å². The van der Waals surface area contributed by atoms with Gasteiger partial charge in [0, 0.05) is 0 Å². The summed E-state index contributed by atoms with van der Waals surface area (Å²) in [6.45, 7) is 4.11. The van der Waals surface area contributed by atoms with Crippen molar-refractivity contribution in [3.05, 3.63) is 0 Å². The molecule has 8 heavy (non-hydrogen) atoms. The molecule has 0 bridgehead atoms. The molecule has 0 aromatic heterocycles. The van der Waals surface area contributed by atoms with Gasteiger partial charge in [-0.25, -0.2) is 0 Å². The van der Waals surface area contributed by atoms with E-state index in [-0.39, 0.29) is 5.60 Å². The van der Waals surface area contributed by atoms with E-state index in [2.05, 4.69) is 19.0 Å². The molecule has 0 saturated heterocycles. The normalized spacial score (nSPS) is 24.8. The fourth-order valence-electron chi connectivity index (χ4n) is 0.882. The molecule has 0 unspecified atom stereocenters. The second kappa shape index (κ2) is 2.01. The predicted molar refractivity (Wildman–Crippen MR) is 33.0 cm³/mol. The van der Waals surface area contributed by atoms with Crippen LogP contribution in [0.15, 0.2) is 5.16 Å². The molecule has 0 N–H and O–H groups in total. The molecule has 0 aromatic carbocycles. The van der Waals surface area contributed by atoms with Gasteiger partial charge in [-0.2, -0.15) is 0 Å². The number of hydrogen-bond donors (Lipinski definition) is 0. The van der Waals surface area contributed by atoms with Crippen molar-refractivity contribution in [3.63, 3.8) is 0 Å². The van der Waals surface area contributed by atoms with Crippen LogP contribution in [-0.2, 0) is 4.84 Å². The Labute approximate surface area is 66.7 Å². The monoisotopic (exact) mass is 121 g/mol. The summed E-state index contributed by atoms with van der Waals surface area (Å²) in [5.41, 5.74) is -0.00289. The van der Waals surface area contributed by atoms with Gasteiger partial charge >= 0.3 is 66.8 Å². The van der Waals surface area contributed by atoms with Crippen molar-refractivity contribution in [1.82, 2.24) is 0 Å². The van der Waals surface area contributed by atoms with Crippen molar-refractivity contribution in [2.24, 2.45) is 5.16 Å². The molecule has 0 atom stereocenters. The molecule has 0 aromatic rings. The van der Waals surface area contributed by atoms with Crippen LogP contribution in [0.4, 0.5) is 0 Å². The van der Waals surface area contributed by atoms with E-state index < -0.39 is 0 Å². The molecule has 3 heteroatoms. The predicted octanol–water partition coefficient (Wildman–Crippen LogP) is 0.667. The van der Waals surface area contributed by atoms with Gasteiger partial charge in [0.2, 0.25) is 0 Å². The van der Waals surface area contributed by atoms with Crippen LogP contribution in [0.25, 0.3) is 0 Å². The Morgan fingerprint density at radius 2 is 2.38 bits per heavy atom. The van der Waals surface area contributed by atoms with Gasteiger partial charge in [0.15, 0.2) is 0 Å². The SMILES string of the molecule is CC1(C)C[C]([Na])=NO1. The Balaban J connectivity index is 2.55. The summed E-state index contributed by atoms with van der Waals surface area (Å²) in [5.74, 6) is 0. The quantitative estimate of drug-likeness (QED) is 0.431. The molecule has 40 valence electrons. The molecule has 1 aliphatic heterocycles. The number of rotatable bonds is 0. The second-order valence-corrected chi connectivity index (χ2v) is 4.01. The standard InChI is InChI=1S/C5H8NO.Na/c1-5(2)3-4-6-7-5;/h3H2,1-2H3;. The molecule has 0 radical (unpaired) electrons. The zero-order valence-electron chi connectivity index (χ0n) is 5.56. The van der Waals surface area contributed by atoms with Gasteiger partial charge in [0.25, 0.3) is 0 Å². The van der Waals surface area contributed by atoms with Crippen molar-refractivity contribution in [3.8, 4) is 0 Å². The molecular formula is C5H8NNaO. The van der Waals surface area contributed by atoms with Crippen molar-refractivity contribution in [2.75, 3.05) is 0 Å². The third kappa shape index (κ3) is 1.47. The number of oxime groups is 1. The third-order valence-corrected chi connectivity index (χ3v) is 1.67. The van der Waals surface area contributed by atoms with E-state index in [1.165, 1.54) is 2.96 Å². The van der Waals surface area contributed by atoms with E-state index in [0.29, 0.717) is 0 Å². The summed E-state index contributed by atoms with van der Waals surface area (Å²) in [6.07, 6.45) is 1.03.